The molecule has 2 heterocycles. The molecule has 0 saturated heterocycles. The van der Waals surface area contributed by atoms with Crippen LogP contribution in [0.3, 0.4) is 0 Å². The standard InChI is InChI=1S/C28H33FN6O3/c1-17-15-35(16-18(2)33-17)23-9-8-22(12-24(23)37-4)34-28-31-13-19(14-32-28)6-7-20-10-21(27(36)30-3)11-25(38-5)26(20)29/h8-15,18,33H,6-7,16H2,1-5H3,(H,30,36)(H,31,32,34)/t18-/m0/s1. The van der Waals surface area contributed by atoms with E-state index in [-0.39, 0.29) is 11.7 Å². The van der Waals surface area contributed by atoms with Crippen molar-refractivity contribution >= 4 is 23.2 Å². The number of methoxy groups -OCH3 is 2. The number of carbonyl (C=O) groups is 1. The van der Waals surface area contributed by atoms with Gasteiger partial charge in [0.2, 0.25) is 5.95 Å². The highest BCUT2D eigenvalue weighted by molar-refractivity contribution is 5.94. The first-order chi connectivity index (χ1) is 18.3. The van der Waals surface area contributed by atoms with Crippen molar-refractivity contribution in [3.05, 3.63) is 77.1 Å². The molecule has 38 heavy (non-hydrogen) atoms. The van der Waals surface area contributed by atoms with E-state index in [1.54, 1.807) is 25.6 Å². The summed E-state index contributed by atoms with van der Waals surface area (Å²) >= 11 is 0. The van der Waals surface area contributed by atoms with E-state index in [2.05, 4.69) is 43.9 Å². The lowest BCUT2D eigenvalue weighted by Crippen LogP contribution is -2.41. The van der Waals surface area contributed by atoms with Crippen LogP contribution < -0.4 is 30.3 Å². The number of anilines is 3. The summed E-state index contributed by atoms with van der Waals surface area (Å²) in [5.74, 6) is 0.432. The van der Waals surface area contributed by atoms with Crippen LogP contribution >= 0.6 is 0 Å². The Hall–Kier alpha value is -4.34. The molecule has 10 heteroatoms. The third-order valence-corrected chi connectivity index (χ3v) is 6.25. The van der Waals surface area contributed by atoms with Crippen molar-refractivity contribution in [2.75, 3.05) is 38.0 Å². The van der Waals surface area contributed by atoms with Gasteiger partial charge in [-0.3, -0.25) is 4.79 Å². The van der Waals surface area contributed by atoms with E-state index in [0.29, 0.717) is 36.0 Å². The lowest BCUT2D eigenvalue weighted by Gasteiger charge is -2.32. The second-order valence-electron chi connectivity index (χ2n) is 9.17. The molecule has 0 bridgehead atoms. The molecule has 3 N–H and O–H groups in total. The molecule has 2 aromatic carbocycles. The Labute approximate surface area is 222 Å². The summed E-state index contributed by atoms with van der Waals surface area (Å²) in [5.41, 5.74) is 4.44. The van der Waals surface area contributed by atoms with E-state index >= 15 is 0 Å². The lowest BCUT2D eigenvalue weighted by molar-refractivity contribution is 0.0962. The molecular formula is C28H33FN6O3. The number of allylic oxidation sites excluding steroid dienone is 1. The van der Waals surface area contributed by atoms with Gasteiger partial charge in [0.25, 0.3) is 5.91 Å². The normalized spacial score (nSPS) is 14.8. The number of rotatable bonds is 9. The van der Waals surface area contributed by atoms with Gasteiger partial charge in [0, 0.05) is 61.2 Å². The molecule has 3 aromatic rings. The van der Waals surface area contributed by atoms with E-state index in [4.69, 9.17) is 9.47 Å². The van der Waals surface area contributed by atoms with Gasteiger partial charge >= 0.3 is 0 Å². The highest BCUT2D eigenvalue weighted by atomic mass is 19.1. The van der Waals surface area contributed by atoms with Gasteiger partial charge in [0.05, 0.1) is 19.9 Å². The van der Waals surface area contributed by atoms with Gasteiger partial charge in [-0.05, 0) is 62.1 Å². The zero-order chi connectivity index (χ0) is 27.2. The highest BCUT2D eigenvalue weighted by Crippen LogP contribution is 2.33. The molecule has 4 rings (SSSR count). The fourth-order valence-corrected chi connectivity index (χ4v) is 4.43. The average Bonchev–Trinajstić information content (AvgIpc) is 2.92. The zero-order valence-electron chi connectivity index (χ0n) is 22.3. The monoisotopic (exact) mass is 520 g/mol. The summed E-state index contributed by atoms with van der Waals surface area (Å²) in [6.07, 6.45) is 6.34. The van der Waals surface area contributed by atoms with Crippen molar-refractivity contribution in [2.24, 2.45) is 0 Å². The van der Waals surface area contributed by atoms with Gasteiger partial charge in [-0.25, -0.2) is 14.4 Å². The SMILES string of the molecule is CNC(=O)c1cc(CCc2cnc(Nc3ccc(N4C=C(C)N[C@@H](C)C4)c(OC)c3)nc2)c(F)c(OC)c1. The molecule has 1 amide bonds. The third kappa shape index (κ3) is 6.13. The van der Waals surface area contributed by atoms with Crippen molar-refractivity contribution in [1.29, 1.82) is 0 Å². The van der Waals surface area contributed by atoms with Crippen molar-refractivity contribution in [1.82, 2.24) is 20.6 Å². The number of halogens is 1. The number of hydrogen-bond donors (Lipinski definition) is 3. The number of aryl methyl sites for hydroxylation is 2. The van der Waals surface area contributed by atoms with Crippen molar-refractivity contribution < 1.29 is 18.7 Å². The van der Waals surface area contributed by atoms with Gasteiger partial charge in [-0.1, -0.05) is 0 Å². The van der Waals surface area contributed by atoms with Crippen LogP contribution in [0.25, 0.3) is 0 Å². The van der Waals surface area contributed by atoms with Crippen LogP contribution in [0.4, 0.5) is 21.7 Å². The van der Waals surface area contributed by atoms with Gasteiger partial charge in [0.1, 0.15) is 5.75 Å². The Balaban J connectivity index is 1.44. The number of ether oxygens (including phenoxy) is 2. The fourth-order valence-electron chi connectivity index (χ4n) is 4.43. The summed E-state index contributed by atoms with van der Waals surface area (Å²) < 4.78 is 25.5. The van der Waals surface area contributed by atoms with Crippen LogP contribution in [-0.2, 0) is 12.8 Å². The van der Waals surface area contributed by atoms with Gasteiger partial charge < -0.3 is 30.3 Å². The minimum atomic E-state index is -0.474. The first-order valence-electron chi connectivity index (χ1n) is 12.4. The largest absolute Gasteiger partial charge is 0.494 e. The summed E-state index contributed by atoms with van der Waals surface area (Å²) in [4.78, 5) is 23.0. The van der Waals surface area contributed by atoms with Crippen LogP contribution in [0.5, 0.6) is 11.5 Å². The molecule has 9 nitrogen and oxygen atoms in total. The first-order valence-corrected chi connectivity index (χ1v) is 12.4. The van der Waals surface area contributed by atoms with Crippen LogP contribution in [0, 0.1) is 5.82 Å². The predicted octanol–water partition coefficient (Wildman–Crippen LogP) is 4.18. The number of carbonyl (C=O) groups excluding carboxylic acids is 1. The number of hydrogen-bond acceptors (Lipinski definition) is 8. The molecule has 1 aliphatic rings. The van der Waals surface area contributed by atoms with E-state index in [9.17, 15) is 9.18 Å². The van der Waals surface area contributed by atoms with Crippen molar-refractivity contribution in [3.8, 4) is 11.5 Å². The van der Waals surface area contributed by atoms with E-state index in [1.807, 2.05) is 25.1 Å². The Bertz CT molecular complexity index is 1330. The Morgan fingerprint density at radius 1 is 1.13 bits per heavy atom. The maximum Gasteiger partial charge on any atom is 0.251 e. The number of benzene rings is 2. The van der Waals surface area contributed by atoms with Crippen LogP contribution in [0.1, 0.15) is 35.3 Å². The average molecular weight is 521 g/mol. The summed E-state index contributed by atoms with van der Waals surface area (Å²) in [6.45, 7) is 5.02. The van der Waals surface area contributed by atoms with Crippen molar-refractivity contribution in [2.45, 2.75) is 32.7 Å². The van der Waals surface area contributed by atoms with Gasteiger partial charge in [0.15, 0.2) is 11.6 Å². The topological polar surface area (TPSA) is 101 Å². The number of nitrogens with one attached hydrogen (secondary N) is 3. The molecule has 0 fully saturated rings. The van der Waals surface area contributed by atoms with Crippen LogP contribution in [0.15, 0.2) is 54.6 Å². The molecule has 0 unspecified atom stereocenters. The quantitative estimate of drug-likeness (QED) is 0.386. The van der Waals surface area contributed by atoms with Gasteiger partial charge in [-0.15, -0.1) is 0 Å². The Morgan fingerprint density at radius 2 is 1.87 bits per heavy atom. The predicted molar refractivity (Wildman–Crippen MR) is 146 cm³/mol. The molecule has 1 aliphatic heterocycles. The van der Waals surface area contributed by atoms with Crippen LogP contribution in [0.2, 0.25) is 0 Å². The minimum absolute atomic E-state index is 0.0379. The molecule has 200 valence electrons. The smallest absolute Gasteiger partial charge is 0.251 e. The fraction of sp³-hybridized carbons (Fsp3) is 0.321. The number of nitrogens with zero attached hydrogens (tertiary/aromatic N) is 3. The second kappa shape index (κ2) is 11.8. The minimum Gasteiger partial charge on any atom is -0.494 e. The highest BCUT2D eigenvalue weighted by Gasteiger charge is 2.19. The van der Waals surface area contributed by atoms with E-state index < -0.39 is 5.82 Å². The number of amides is 1. The Morgan fingerprint density at radius 3 is 2.53 bits per heavy atom. The summed E-state index contributed by atoms with van der Waals surface area (Å²) in [7, 11) is 4.56. The summed E-state index contributed by atoms with van der Waals surface area (Å²) in [5, 5.41) is 9.17. The first kappa shape index (κ1) is 26.7. The molecule has 0 spiro atoms. The molecule has 0 radical (unpaired) electrons. The molecule has 0 aliphatic carbocycles. The van der Waals surface area contributed by atoms with Crippen molar-refractivity contribution in [3.63, 3.8) is 0 Å². The lowest BCUT2D eigenvalue weighted by atomic mass is 10.0. The third-order valence-electron chi connectivity index (χ3n) is 6.25. The van der Waals surface area contributed by atoms with Gasteiger partial charge in [-0.2, -0.15) is 0 Å². The van der Waals surface area contributed by atoms with E-state index in [1.165, 1.54) is 20.2 Å². The molecular weight excluding hydrogens is 487 g/mol. The van der Waals surface area contributed by atoms with E-state index in [0.717, 1.165) is 34.9 Å². The second-order valence-corrected chi connectivity index (χ2v) is 9.17. The molecule has 1 atom stereocenters. The molecule has 1 aromatic heterocycles. The van der Waals surface area contributed by atoms with Crippen LogP contribution in [-0.4, -0.2) is 49.7 Å². The maximum atomic E-state index is 14.8. The Kier molecular flexibility index (Phi) is 8.30. The summed E-state index contributed by atoms with van der Waals surface area (Å²) in [6, 6.07) is 9.15. The molecule has 0 saturated carbocycles. The maximum absolute atomic E-state index is 14.8. The zero-order valence-corrected chi connectivity index (χ0v) is 22.3. The number of aromatic nitrogens is 2.